The van der Waals surface area contributed by atoms with Gasteiger partial charge in [0.25, 0.3) is 10.1 Å². The number of carbonyl (C=O) groups excluding carboxylic acids is 5. The van der Waals surface area contributed by atoms with Gasteiger partial charge < -0.3 is 60.9 Å². The van der Waals surface area contributed by atoms with Crippen molar-refractivity contribution in [3.05, 3.63) is 164 Å². The standard InChI is InChI=1S/C20H32N2O2.C20H30N2O2.C16H23NO5S.C13H26N2O2.C13H24N2O2/c1-15-17(21-18(23)24-19(2,3)4)13-22(14-20(15,5)6)12-16-10-8-7-9-11-16;1-7-18(21-19(23)24-20(4,5)6)15-22(13-16(2)3)14-17-11-9-8-10-12-17;1-6-13(17-15(18)22-16(3,4)5)11-21-23(19,20)14-9-7-12(2)8-10-14;1-9-10(7-14-8-13(9,5)6)15-11(16)17-12(2,3)4;1-7-11(9-14-8-10(2)3)15-12(16)17-13(4,5)6/h7-11,15,17H,12-14H2,1-6H3,(H,21,23);7-12,18H,1-2,13-15H2,3-6H3,(H,21,23);6-10,13H,1,11H2,2-5H3,(H,17,18);9-10,14H,7-8H2,1-6H3,(H,15,16);7,11,14H,1-2,8-9H2,3-6H3,(H,15,16)/t15-,17+;18-;13-;9-,10+;11-/m00000/s1. The third kappa shape index (κ3) is 44.3. The Bertz CT molecular complexity index is 3290. The summed E-state index contributed by atoms with van der Waals surface area (Å²) in [6, 6.07) is 26.2. The number of carbonyl (C=O) groups is 5. The topological polar surface area (TPSA) is 266 Å². The van der Waals surface area contributed by atoms with E-state index in [2.05, 4.69) is 158 Å². The van der Waals surface area contributed by atoms with Gasteiger partial charge in [-0.15, -0.1) is 19.7 Å². The van der Waals surface area contributed by atoms with E-state index in [0.717, 1.165) is 69.1 Å². The van der Waals surface area contributed by atoms with Crippen molar-refractivity contribution < 1.29 is 60.3 Å². The van der Waals surface area contributed by atoms with Crippen LogP contribution in [-0.2, 0) is 51.1 Å². The minimum Gasteiger partial charge on any atom is -0.444 e. The lowest BCUT2D eigenvalue weighted by Crippen LogP contribution is -2.58. The number of likely N-dealkylation sites (tertiary alicyclic amines) is 1. The van der Waals surface area contributed by atoms with Crippen LogP contribution in [0.25, 0.3) is 0 Å². The number of nitrogens with zero attached hydrogens (tertiary/aromatic N) is 2. The fourth-order valence-electron chi connectivity index (χ4n) is 10.4. The highest BCUT2D eigenvalue weighted by Gasteiger charge is 2.41. The summed E-state index contributed by atoms with van der Waals surface area (Å²) in [6.07, 6.45) is 2.62. The molecule has 592 valence electrons. The average molecular weight is 1490 g/mol. The highest BCUT2D eigenvalue weighted by atomic mass is 32.2. The van der Waals surface area contributed by atoms with E-state index in [9.17, 15) is 32.4 Å². The van der Waals surface area contributed by atoms with E-state index in [1.165, 1.54) is 29.3 Å². The first kappa shape index (κ1) is 95.5. The molecule has 5 amide bonds. The van der Waals surface area contributed by atoms with Crippen molar-refractivity contribution in [3.8, 4) is 0 Å². The van der Waals surface area contributed by atoms with Crippen LogP contribution in [0.1, 0.15) is 176 Å². The predicted molar refractivity (Wildman–Crippen MR) is 425 cm³/mol. The van der Waals surface area contributed by atoms with Crippen molar-refractivity contribution in [2.45, 2.75) is 242 Å². The fraction of sp³-hybridized carbons (Fsp3) is 0.598. The number of hydrogen-bond donors (Lipinski definition) is 7. The monoisotopic (exact) mass is 1490 g/mol. The molecule has 3 aromatic rings. The summed E-state index contributed by atoms with van der Waals surface area (Å²) in [5.74, 6) is 0.813. The van der Waals surface area contributed by atoms with E-state index < -0.39 is 62.4 Å². The van der Waals surface area contributed by atoms with Crippen molar-refractivity contribution in [1.29, 1.82) is 0 Å². The maximum atomic E-state index is 12.2. The Morgan fingerprint density at radius 2 is 0.990 bits per heavy atom. The summed E-state index contributed by atoms with van der Waals surface area (Å²) in [5, 5.41) is 20.6. The lowest BCUT2D eigenvalue weighted by Gasteiger charge is -2.47. The Morgan fingerprint density at radius 1 is 0.581 bits per heavy atom. The molecule has 2 saturated heterocycles. The number of rotatable bonds is 24. The molecule has 5 rings (SSSR count). The second kappa shape index (κ2) is 43.9. The number of nitrogens with one attached hydrogen (secondary N) is 7. The maximum Gasteiger partial charge on any atom is 0.408 e. The molecule has 3 aromatic carbocycles. The largest absolute Gasteiger partial charge is 0.444 e. The Kier molecular flexibility index (Phi) is 39.9. The highest BCUT2D eigenvalue weighted by Crippen LogP contribution is 2.36. The van der Waals surface area contributed by atoms with Crippen LogP contribution >= 0.6 is 0 Å². The Labute approximate surface area is 632 Å². The Balaban J connectivity index is 0.000000662. The number of aryl methyl sites for hydroxylation is 1. The number of benzene rings is 3. The lowest BCUT2D eigenvalue weighted by atomic mass is 9.72. The third-order valence-corrected chi connectivity index (χ3v) is 17.3. The van der Waals surface area contributed by atoms with Crippen LogP contribution in [0.3, 0.4) is 0 Å². The number of amides is 5. The van der Waals surface area contributed by atoms with Crippen LogP contribution in [0, 0.1) is 29.6 Å². The van der Waals surface area contributed by atoms with Crippen molar-refractivity contribution in [2.75, 3.05) is 59.0 Å². The van der Waals surface area contributed by atoms with Crippen molar-refractivity contribution in [3.63, 3.8) is 0 Å². The first-order chi connectivity index (χ1) is 48.1. The van der Waals surface area contributed by atoms with Gasteiger partial charge in [0.15, 0.2) is 0 Å². The molecule has 2 heterocycles. The number of piperidine rings is 2. The Hall–Kier alpha value is -7.54. The second-order valence-electron chi connectivity index (χ2n) is 33.6. The molecule has 0 aliphatic carbocycles. The van der Waals surface area contributed by atoms with Crippen LogP contribution in [0.5, 0.6) is 0 Å². The van der Waals surface area contributed by atoms with E-state index in [-0.39, 0.29) is 58.7 Å². The van der Waals surface area contributed by atoms with Gasteiger partial charge in [0.2, 0.25) is 0 Å². The maximum absolute atomic E-state index is 12.2. The zero-order chi connectivity index (χ0) is 80.5. The second-order valence-corrected chi connectivity index (χ2v) is 35.2. The van der Waals surface area contributed by atoms with Gasteiger partial charge in [-0.05, 0) is 171 Å². The molecular formula is C82H135N9O13S. The van der Waals surface area contributed by atoms with Gasteiger partial charge in [-0.3, -0.25) is 14.0 Å². The van der Waals surface area contributed by atoms with Crippen molar-refractivity contribution >= 4 is 40.6 Å². The van der Waals surface area contributed by atoms with Gasteiger partial charge >= 0.3 is 30.5 Å². The predicted octanol–water partition coefficient (Wildman–Crippen LogP) is 15.4. The first-order valence-electron chi connectivity index (χ1n) is 36.2. The summed E-state index contributed by atoms with van der Waals surface area (Å²) in [6.45, 7) is 73.4. The molecule has 0 radical (unpaired) electrons. The molecule has 0 spiro atoms. The van der Waals surface area contributed by atoms with Gasteiger partial charge in [-0.1, -0.05) is 162 Å². The summed E-state index contributed by atoms with van der Waals surface area (Å²) < 4.78 is 55.4. The van der Waals surface area contributed by atoms with E-state index in [1.807, 2.05) is 128 Å². The number of hydrogen-bond acceptors (Lipinski definition) is 17. The first-order valence-corrected chi connectivity index (χ1v) is 37.6. The van der Waals surface area contributed by atoms with E-state index in [1.54, 1.807) is 45.1 Å². The molecule has 2 aliphatic heterocycles. The zero-order valence-electron chi connectivity index (χ0n) is 68.3. The molecule has 7 atom stereocenters. The molecule has 23 heteroatoms. The molecule has 0 bridgehead atoms. The minimum absolute atomic E-state index is 0.0585. The number of ether oxygens (including phenoxy) is 5. The minimum atomic E-state index is -3.89. The lowest BCUT2D eigenvalue weighted by molar-refractivity contribution is 0.0140. The zero-order valence-corrected chi connectivity index (χ0v) is 69.1. The molecule has 7 N–H and O–H groups in total. The summed E-state index contributed by atoms with van der Waals surface area (Å²) in [4.78, 5) is 63.8. The van der Waals surface area contributed by atoms with E-state index in [0.29, 0.717) is 24.9 Å². The van der Waals surface area contributed by atoms with Crippen molar-refractivity contribution in [1.82, 2.24) is 47.0 Å². The Morgan fingerprint density at radius 3 is 1.42 bits per heavy atom. The highest BCUT2D eigenvalue weighted by molar-refractivity contribution is 7.86. The normalized spacial score (nSPS) is 18.0. The molecule has 22 nitrogen and oxygen atoms in total. The quantitative estimate of drug-likeness (QED) is 0.0250. The molecular weight excluding hydrogens is 1350 g/mol. The van der Waals surface area contributed by atoms with Crippen LogP contribution in [-0.4, -0.2) is 166 Å². The molecule has 2 aliphatic rings. The SMILES string of the molecule is C=C[C@@H](CN(CC(=C)C)Cc1ccccc1)NC(=O)OC(C)(C)C.C=C[C@@H](CNCC(=C)C)NC(=O)OC(C)(C)C.C=C[C@@H](COS(=O)(=O)c1ccc(C)cc1)NC(=O)OC(C)(C)C.C[C@H]1[C@H](NC(=O)OC(C)(C)C)CN(Cc2ccccc2)CC1(C)C.C[C@H]1[C@H](NC(=O)OC(C)(C)C)CNCC1(C)C. The van der Waals surface area contributed by atoms with Gasteiger partial charge in [0.05, 0.1) is 29.6 Å². The van der Waals surface area contributed by atoms with Gasteiger partial charge in [0, 0.05) is 77.5 Å². The fourth-order valence-corrected chi connectivity index (χ4v) is 11.3. The van der Waals surface area contributed by atoms with Gasteiger partial charge in [-0.25, -0.2) is 24.0 Å². The van der Waals surface area contributed by atoms with Crippen LogP contribution in [0.4, 0.5) is 24.0 Å². The number of alkyl carbamates (subject to hydrolysis) is 5. The average Bonchev–Trinajstić information content (AvgIpc) is 0.805. The summed E-state index contributed by atoms with van der Waals surface area (Å²) in [5.41, 5.74) is 3.35. The molecule has 0 unspecified atom stereocenters. The third-order valence-electron chi connectivity index (χ3n) is 16.0. The van der Waals surface area contributed by atoms with Gasteiger partial charge in [0.1, 0.15) is 28.0 Å². The van der Waals surface area contributed by atoms with Crippen LogP contribution < -0.4 is 37.2 Å². The molecule has 2 fully saturated rings. The van der Waals surface area contributed by atoms with Gasteiger partial charge in [-0.2, -0.15) is 8.42 Å². The summed E-state index contributed by atoms with van der Waals surface area (Å²) in [7, 11) is -3.89. The van der Waals surface area contributed by atoms with Crippen LogP contribution in [0.15, 0.2) is 152 Å². The molecule has 0 saturated carbocycles. The van der Waals surface area contributed by atoms with Crippen LogP contribution in [0.2, 0.25) is 0 Å². The molecule has 105 heavy (non-hydrogen) atoms. The smallest absolute Gasteiger partial charge is 0.408 e. The van der Waals surface area contributed by atoms with E-state index in [4.69, 9.17) is 27.9 Å². The molecule has 0 aromatic heterocycles. The van der Waals surface area contributed by atoms with E-state index >= 15 is 0 Å². The summed E-state index contributed by atoms with van der Waals surface area (Å²) >= 11 is 0. The van der Waals surface area contributed by atoms with Crippen molar-refractivity contribution in [2.24, 2.45) is 22.7 Å².